The number of hydrogen-bond acceptors (Lipinski definition) is 5. The van der Waals surface area contributed by atoms with Crippen LogP contribution in [0.15, 0.2) is 60.8 Å². The van der Waals surface area contributed by atoms with Crippen molar-refractivity contribution in [3.63, 3.8) is 0 Å². The molecular formula is C20H16ClN3O3. The van der Waals surface area contributed by atoms with Crippen LogP contribution in [0.5, 0.6) is 11.5 Å². The van der Waals surface area contributed by atoms with Crippen molar-refractivity contribution in [2.24, 2.45) is 0 Å². The molecule has 0 saturated carbocycles. The van der Waals surface area contributed by atoms with Gasteiger partial charge in [0.2, 0.25) is 0 Å². The molecule has 0 unspecified atom stereocenters. The van der Waals surface area contributed by atoms with Gasteiger partial charge in [-0.05, 0) is 48.5 Å². The Labute approximate surface area is 161 Å². The summed E-state index contributed by atoms with van der Waals surface area (Å²) in [6, 6.07) is 15.9. The first-order chi connectivity index (χ1) is 13.2. The molecule has 27 heavy (non-hydrogen) atoms. The molecule has 0 spiro atoms. The summed E-state index contributed by atoms with van der Waals surface area (Å²) in [5.74, 6) is 1.87. The van der Waals surface area contributed by atoms with Crippen molar-refractivity contribution in [1.29, 1.82) is 0 Å². The van der Waals surface area contributed by atoms with E-state index in [0.717, 1.165) is 11.4 Å². The highest BCUT2D eigenvalue weighted by molar-refractivity contribution is 6.30. The van der Waals surface area contributed by atoms with Gasteiger partial charge < -0.3 is 20.1 Å². The Hall–Kier alpha value is -3.25. The third-order valence-corrected chi connectivity index (χ3v) is 4.19. The molecule has 136 valence electrons. The molecule has 0 atom stereocenters. The number of nitrogens with zero attached hydrogens (tertiary/aromatic N) is 1. The lowest BCUT2D eigenvalue weighted by Crippen LogP contribution is -2.15. The van der Waals surface area contributed by atoms with Gasteiger partial charge in [0.05, 0.1) is 11.9 Å². The van der Waals surface area contributed by atoms with Crippen LogP contribution in [-0.2, 0) is 0 Å². The van der Waals surface area contributed by atoms with Gasteiger partial charge in [-0.25, -0.2) is 4.98 Å². The Morgan fingerprint density at radius 2 is 1.67 bits per heavy atom. The minimum absolute atomic E-state index is 0.221. The predicted molar refractivity (Wildman–Crippen MR) is 104 cm³/mol. The van der Waals surface area contributed by atoms with Crippen LogP contribution in [0, 0.1) is 0 Å². The zero-order chi connectivity index (χ0) is 18.6. The summed E-state index contributed by atoms with van der Waals surface area (Å²) < 4.78 is 11.1. The molecule has 1 aliphatic rings. The number of fused-ring (bicyclic) bond motifs is 1. The number of anilines is 3. The summed E-state index contributed by atoms with van der Waals surface area (Å²) in [5, 5.41) is 6.59. The number of amides is 1. The number of rotatable bonds is 4. The number of hydrogen-bond donors (Lipinski definition) is 2. The van der Waals surface area contributed by atoms with Gasteiger partial charge in [0, 0.05) is 22.3 Å². The maximum atomic E-state index is 12.2. The Morgan fingerprint density at radius 1 is 0.926 bits per heavy atom. The topological polar surface area (TPSA) is 72.5 Å². The van der Waals surface area contributed by atoms with Crippen LogP contribution in [0.3, 0.4) is 0 Å². The van der Waals surface area contributed by atoms with Crippen LogP contribution in [0.4, 0.5) is 17.2 Å². The Bertz CT molecular complexity index is 959. The second-order valence-electron chi connectivity index (χ2n) is 5.88. The van der Waals surface area contributed by atoms with Gasteiger partial charge in [-0.15, -0.1) is 0 Å². The van der Waals surface area contributed by atoms with Gasteiger partial charge >= 0.3 is 0 Å². The van der Waals surface area contributed by atoms with E-state index >= 15 is 0 Å². The van der Waals surface area contributed by atoms with E-state index in [0.29, 0.717) is 41.1 Å². The molecule has 0 aliphatic carbocycles. The number of carbonyl (C=O) groups excluding carboxylic acids is 1. The van der Waals surface area contributed by atoms with Crippen molar-refractivity contribution in [3.05, 3.63) is 71.4 Å². The lowest BCUT2D eigenvalue weighted by atomic mass is 10.2. The SMILES string of the molecule is O=C(Nc1ccc(Nc2ccc3c(c2)OCCO3)nc1)c1ccc(Cl)cc1. The van der Waals surface area contributed by atoms with Crippen LogP contribution in [0.1, 0.15) is 10.4 Å². The molecule has 2 heterocycles. The highest BCUT2D eigenvalue weighted by Crippen LogP contribution is 2.33. The van der Waals surface area contributed by atoms with Gasteiger partial charge in [-0.1, -0.05) is 11.6 Å². The first kappa shape index (κ1) is 17.2. The number of aromatic nitrogens is 1. The van der Waals surface area contributed by atoms with Crippen LogP contribution in [-0.4, -0.2) is 24.1 Å². The second-order valence-corrected chi connectivity index (χ2v) is 6.31. The van der Waals surface area contributed by atoms with Crippen molar-refractivity contribution in [3.8, 4) is 11.5 Å². The van der Waals surface area contributed by atoms with Crippen molar-refractivity contribution in [2.45, 2.75) is 0 Å². The van der Waals surface area contributed by atoms with Crippen molar-refractivity contribution < 1.29 is 14.3 Å². The van der Waals surface area contributed by atoms with Gasteiger partial charge in [-0.2, -0.15) is 0 Å². The average molecular weight is 382 g/mol. The van der Waals surface area contributed by atoms with Gasteiger partial charge in [0.1, 0.15) is 19.0 Å². The number of ether oxygens (including phenoxy) is 2. The third kappa shape index (κ3) is 4.12. The van der Waals surface area contributed by atoms with Gasteiger partial charge in [0.25, 0.3) is 5.91 Å². The van der Waals surface area contributed by atoms with Crippen molar-refractivity contribution >= 4 is 34.7 Å². The zero-order valence-electron chi connectivity index (χ0n) is 14.2. The van der Waals surface area contributed by atoms with Crippen LogP contribution in [0.25, 0.3) is 0 Å². The van der Waals surface area contributed by atoms with Crippen molar-refractivity contribution in [1.82, 2.24) is 4.98 Å². The van der Waals surface area contributed by atoms with E-state index in [4.69, 9.17) is 21.1 Å². The first-order valence-electron chi connectivity index (χ1n) is 8.37. The van der Waals surface area contributed by atoms with E-state index in [1.165, 1.54) is 0 Å². The van der Waals surface area contributed by atoms with E-state index in [-0.39, 0.29) is 5.91 Å². The minimum Gasteiger partial charge on any atom is -0.486 e. The van der Waals surface area contributed by atoms with E-state index < -0.39 is 0 Å². The Kier molecular flexibility index (Phi) is 4.80. The molecule has 0 fully saturated rings. The van der Waals surface area contributed by atoms with E-state index in [2.05, 4.69) is 15.6 Å². The van der Waals surface area contributed by atoms with Crippen LogP contribution >= 0.6 is 11.6 Å². The molecule has 1 amide bonds. The maximum Gasteiger partial charge on any atom is 0.255 e. The van der Waals surface area contributed by atoms with Crippen LogP contribution in [0.2, 0.25) is 5.02 Å². The summed E-state index contributed by atoms with van der Waals surface area (Å²) in [6.45, 7) is 1.10. The molecule has 2 N–H and O–H groups in total. The number of halogens is 1. The normalized spacial score (nSPS) is 12.3. The fraction of sp³-hybridized carbons (Fsp3) is 0.100. The molecule has 3 aromatic rings. The summed E-state index contributed by atoms with van der Waals surface area (Å²) >= 11 is 5.84. The molecule has 4 rings (SSSR count). The molecule has 1 aliphatic heterocycles. The number of benzene rings is 2. The standard InChI is InChI=1S/C20H16ClN3O3/c21-14-3-1-13(2-4-14)20(25)24-16-6-8-19(22-12-16)23-15-5-7-17-18(11-15)27-10-9-26-17/h1-8,11-12H,9-10H2,(H,22,23)(H,24,25). The monoisotopic (exact) mass is 381 g/mol. The average Bonchev–Trinajstić information content (AvgIpc) is 2.70. The fourth-order valence-electron chi connectivity index (χ4n) is 2.62. The van der Waals surface area contributed by atoms with Gasteiger partial charge in [-0.3, -0.25) is 4.79 Å². The molecule has 2 aromatic carbocycles. The van der Waals surface area contributed by atoms with E-state index in [9.17, 15) is 4.79 Å². The molecule has 1 aromatic heterocycles. The molecule has 0 bridgehead atoms. The quantitative estimate of drug-likeness (QED) is 0.696. The largest absolute Gasteiger partial charge is 0.486 e. The molecular weight excluding hydrogens is 366 g/mol. The lowest BCUT2D eigenvalue weighted by molar-refractivity contribution is 0.102. The van der Waals surface area contributed by atoms with Gasteiger partial charge in [0.15, 0.2) is 11.5 Å². The zero-order valence-corrected chi connectivity index (χ0v) is 15.0. The maximum absolute atomic E-state index is 12.2. The number of carbonyl (C=O) groups is 1. The van der Waals surface area contributed by atoms with E-state index in [1.807, 2.05) is 18.2 Å². The molecule has 6 nitrogen and oxygen atoms in total. The summed E-state index contributed by atoms with van der Waals surface area (Å²) in [4.78, 5) is 16.5. The third-order valence-electron chi connectivity index (χ3n) is 3.94. The summed E-state index contributed by atoms with van der Waals surface area (Å²) in [5.41, 5.74) is 1.96. The molecule has 0 radical (unpaired) electrons. The molecule has 7 heteroatoms. The predicted octanol–water partition coefficient (Wildman–Crippen LogP) is 4.50. The Morgan fingerprint density at radius 3 is 2.41 bits per heavy atom. The number of nitrogens with one attached hydrogen (secondary N) is 2. The van der Waals surface area contributed by atoms with Crippen molar-refractivity contribution in [2.75, 3.05) is 23.8 Å². The Balaban J connectivity index is 1.41. The summed E-state index contributed by atoms with van der Waals surface area (Å²) in [6.07, 6.45) is 1.59. The number of pyridine rings is 1. The summed E-state index contributed by atoms with van der Waals surface area (Å²) in [7, 11) is 0. The highest BCUT2D eigenvalue weighted by atomic mass is 35.5. The lowest BCUT2D eigenvalue weighted by Gasteiger charge is -2.19. The highest BCUT2D eigenvalue weighted by Gasteiger charge is 2.12. The fourth-order valence-corrected chi connectivity index (χ4v) is 2.74. The van der Waals surface area contributed by atoms with E-state index in [1.54, 1.807) is 42.6 Å². The second kappa shape index (κ2) is 7.55. The smallest absolute Gasteiger partial charge is 0.255 e. The van der Waals surface area contributed by atoms with Crippen LogP contribution < -0.4 is 20.1 Å². The molecule has 0 saturated heterocycles. The first-order valence-corrected chi connectivity index (χ1v) is 8.75. The minimum atomic E-state index is -0.221.